The molecule has 8 heteroatoms. The maximum atomic E-state index is 12.5. The number of carbonyl (C=O) groups is 1. The van der Waals surface area contributed by atoms with E-state index in [0.717, 1.165) is 12.1 Å². The average molecular weight is 307 g/mol. The van der Waals surface area contributed by atoms with Gasteiger partial charge in [-0.05, 0) is 12.1 Å². The van der Waals surface area contributed by atoms with Crippen LogP contribution in [0.15, 0.2) is 36.7 Å². The van der Waals surface area contributed by atoms with E-state index >= 15 is 0 Å². The van der Waals surface area contributed by atoms with Crippen LogP contribution < -0.4 is 0 Å². The molecule has 0 spiro atoms. The van der Waals surface area contributed by atoms with E-state index in [4.69, 9.17) is 5.11 Å². The molecule has 5 nitrogen and oxygen atoms in total. The van der Waals surface area contributed by atoms with E-state index in [-0.39, 0.29) is 11.1 Å². The molecule has 0 atom stereocenters. The predicted octanol–water partition coefficient (Wildman–Crippen LogP) is 3.34. The van der Waals surface area contributed by atoms with E-state index in [9.17, 15) is 18.0 Å². The van der Waals surface area contributed by atoms with Gasteiger partial charge < -0.3 is 10.1 Å². The molecule has 112 valence electrons. The largest absolute Gasteiger partial charge is 0.478 e. The fourth-order valence-corrected chi connectivity index (χ4v) is 2.02. The van der Waals surface area contributed by atoms with Crippen molar-refractivity contribution in [2.24, 2.45) is 0 Å². The number of alkyl halides is 3. The fraction of sp³-hybridized carbons (Fsp3) is 0.0714. The molecule has 2 heterocycles. The van der Waals surface area contributed by atoms with Gasteiger partial charge in [0.2, 0.25) is 0 Å². The van der Waals surface area contributed by atoms with Gasteiger partial charge in [0.1, 0.15) is 11.1 Å². The van der Waals surface area contributed by atoms with Gasteiger partial charge in [0.05, 0.1) is 17.5 Å². The lowest BCUT2D eigenvalue weighted by molar-refractivity contribution is -0.137. The molecule has 1 aromatic carbocycles. The molecule has 2 aromatic heterocycles. The quantitative estimate of drug-likeness (QED) is 0.761. The summed E-state index contributed by atoms with van der Waals surface area (Å²) in [5, 5.41) is 9.05. The maximum absolute atomic E-state index is 12.5. The van der Waals surface area contributed by atoms with E-state index < -0.39 is 17.7 Å². The highest BCUT2D eigenvalue weighted by Gasteiger charge is 2.30. The molecule has 0 saturated carbocycles. The monoisotopic (exact) mass is 307 g/mol. The van der Waals surface area contributed by atoms with Crippen molar-refractivity contribution in [3.63, 3.8) is 0 Å². The van der Waals surface area contributed by atoms with Crippen LogP contribution >= 0.6 is 0 Å². The molecule has 22 heavy (non-hydrogen) atoms. The highest BCUT2D eigenvalue weighted by Crippen LogP contribution is 2.30. The van der Waals surface area contributed by atoms with Gasteiger partial charge in [-0.25, -0.2) is 14.8 Å². The Kier molecular flexibility index (Phi) is 3.09. The number of benzene rings is 1. The second-order valence-electron chi connectivity index (χ2n) is 4.54. The zero-order chi connectivity index (χ0) is 15.9. The maximum Gasteiger partial charge on any atom is 0.416 e. The number of fused-ring (bicyclic) bond motifs is 1. The Morgan fingerprint density at radius 1 is 1.18 bits per heavy atom. The van der Waals surface area contributed by atoms with Crippen LogP contribution in [0.5, 0.6) is 0 Å². The second kappa shape index (κ2) is 4.83. The van der Waals surface area contributed by atoms with Gasteiger partial charge in [-0.1, -0.05) is 12.1 Å². The predicted molar refractivity (Wildman–Crippen MR) is 71.3 cm³/mol. The third-order valence-corrected chi connectivity index (χ3v) is 3.12. The number of carboxylic acids is 1. The summed E-state index contributed by atoms with van der Waals surface area (Å²) >= 11 is 0. The number of hydrogen-bond donors (Lipinski definition) is 2. The summed E-state index contributed by atoms with van der Waals surface area (Å²) < 4.78 is 37.6. The number of carboxylic acid groups (broad SMARTS) is 1. The molecule has 3 rings (SSSR count). The number of rotatable bonds is 2. The molecular formula is C14H8F3N3O2. The Morgan fingerprint density at radius 3 is 2.45 bits per heavy atom. The molecule has 0 bridgehead atoms. The third-order valence-electron chi connectivity index (χ3n) is 3.12. The molecule has 3 aromatic rings. The molecule has 0 amide bonds. The minimum atomic E-state index is -4.41. The molecule has 0 aliphatic heterocycles. The smallest absolute Gasteiger partial charge is 0.416 e. The zero-order valence-electron chi connectivity index (χ0n) is 10.8. The van der Waals surface area contributed by atoms with E-state index in [2.05, 4.69) is 15.0 Å². The first-order valence-electron chi connectivity index (χ1n) is 6.11. The molecule has 0 aliphatic carbocycles. The summed E-state index contributed by atoms with van der Waals surface area (Å²) in [7, 11) is 0. The van der Waals surface area contributed by atoms with Crippen molar-refractivity contribution in [1.82, 2.24) is 15.0 Å². The van der Waals surface area contributed by atoms with Gasteiger partial charge in [-0.2, -0.15) is 13.2 Å². The van der Waals surface area contributed by atoms with Crippen LogP contribution in [-0.4, -0.2) is 26.0 Å². The van der Waals surface area contributed by atoms with Crippen molar-refractivity contribution in [3.05, 3.63) is 47.8 Å². The van der Waals surface area contributed by atoms with Crippen molar-refractivity contribution < 1.29 is 23.1 Å². The Morgan fingerprint density at radius 2 is 1.86 bits per heavy atom. The van der Waals surface area contributed by atoms with Crippen LogP contribution in [0.3, 0.4) is 0 Å². The lowest BCUT2D eigenvalue weighted by Gasteiger charge is -2.07. The minimum absolute atomic E-state index is 0.0451. The number of aromatic nitrogens is 3. The Hall–Kier alpha value is -2.90. The highest BCUT2D eigenvalue weighted by molar-refractivity contribution is 6.00. The van der Waals surface area contributed by atoms with Crippen molar-refractivity contribution in [1.29, 1.82) is 0 Å². The van der Waals surface area contributed by atoms with Crippen molar-refractivity contribution in [2.45, 2.75) is 6.18 Å². The molecule has 0 unspecified atom stereocenters. The zero-order valence-corrected chi connectivity index (χ0v) is 10.8. The van der Waals surface area contributed by atoms with Crippen LogP contribution in [0.2, 0.25) is 0 Å². The first-order chi connectivity index (χ1) is 10.4. The first kappa shape index (κ1) is 14.1. The van der Waals surface area contributed by atoms with Gasteiger partial charge in [-0.3, -0.25) is 0 Å². The number of halogens is 3. The summed E-state index contributed by atoms with van der Waals surface area (Å²) in [6.45, 7) is 0. The standard InChI is InChI=1S/C14H8F3N3O2/c15-14(16,17)8-3-1-7(2-4-8)10-6-19-12-11(20-10)9(5-18-12)13(21)22/h1-6H,(H,18,19)(H,21,22). The third kappa shape index (κ3) is 2.39. The molecule has 0 aliphatic rings. The van der Waals surface area contributed by atoms with E-state index in [0.29, 0.717) is 16.9 Å². The summed E-state index contributed by atoms with van der Waals surface area (Å²) in [6.07, 6.45) is -1.78. The normalized spacial score (nSPS) is 11.8. The summed E-state index contributed by atoms with van der Waals surface area (Å²) in [4.78, 5) is 21.9. The summed E-state index contributed by atoms with van der Waals surface area (Å²) in [5.74, 6) is -1.16. The molecule has 2 N–H and O–H groups in total. The SMILES string of the molecule is O=C(O)c1c[nH]c2ncc(-c3ccc(C(F)(F)F)cc3)nc12. The topological polar surface area (TPSA) is 78.9 Å². The number of aromatic carboxylic acids is 1. The first-order valence-corrected chi connectivity index (χ1v) is 6.11. The number of nitrogens with zero attached hydrogens (tertiary/aromatic N) is 2. The van der Waals surface area contributed by atoms with E-state index in [1.54, 1.807) is 0 Å². The van der Waals surface area contributed by atoms with Crippen molar-refractivity contribution >= 4 is 17.1 Å². The van der Waals surface area contributed by atoms with Crippen LogP contribution in [0.1, 0.15) is 15.9 Å². The number of nitrogens with one attached hydrogen (secondary N) is 1. The molecule has 0 radical (unpaired) electrons. The fourth-order valence-electron chi connectivity index (χ4n) is 2.02. The minimum Gasteiger partial charge on any atom is -0.478 e. The molecule has 0 saturated heterocycles. The van der Waals surface area contributed by atoms with Gasteiger partial charge in [0, 0.05) is 11.8 Å². The molecule has 0 fully saturated rings. The van der Waals surface area contributed by atoms with Crippen LogP contribution in [0, 0.1) is 0 Å². The number of aromatic amines is 1. The van der Waals surface area contributed by atoms with Crippen LogP contribution in [0.25, 0.3) is 22.4 Å². The number of hydrogen-bond acceptors (Lipinski definition) is 3. The highest BCUT2D eigenvalue weighted by atomic mass is 19.4. The molecular weight excluding hydrogens is 299 g/mol. The van der Waals surface area contributed by atoms with Crippen LogP contribution in [-0.2, 0) is 6.18 Å². The Balaban J connectivity index is 2.06. The van der Waals surface area contributed by atoms with Gasteiger partial charge in [-0.15, -0.1) is 0 Å². The average Bonchev–Trinajstić information content (AvgIpc) is 2.89. The van der Waals surface area contributed by atoms with Crippen molar-refractivity contribution in [2.75, 3.05) is 0 Å². The van der Waals surface area contributed by atoms with Gasteiger partial charge in [0.15, 0.2) is 5.65 Å². The lowest BCUT2D eigenvalue weighted by atomic mass is 10.1. The van der Waals surface area contributed by atoms with Gasteiger partial charge >= 0.3 is 12.1 Å². The number of H-pyrrole nitrogens is 1. The van der Waals surface area contributed by atoms with E-state index in [1.807, 2.05) is 0 Å². The van der Waals surface area contributed by atoms with Gasteiger partial charge in [0.25, 0.3) is 0 Å². The van der Waals surface area contributed by atoms with E-state index in [1.165, 1.54) is 24.5 Å². The lowest BCUT2D eigenvalue weighted by Crippen LogP contribution is -2.04. The summed E-state index contributed by atoms with van der Waals surface area (Å²) in [5.41, 5.74) is 0.357. The Bertz CT molecular complexity index is 854. The summed E-state index contributed by atoms with van der Waals surface area (Å²) in [6, 6.07) is 4.42. The van der Waals surface area contributed by atoms with Crippen LogP contribution in [0.4, 0.5) is 13.2 Å². The second-order valence-corrected chi connectivity index (χ2v) is 4.54. The van der Waals surface area contributed by atoms with Crippen molar-refractivity contribution in [3.8, 4) is 11.3 Å². The Labute approximate surface area is 121 Å².